The Morgan fingerprint density at radius 1 is 1.08 bits per heavy atom. The molecule has 8 atom stereocenters. The second-order valence-corrected chi connectivity index (χ2v) is 10.4. The molecule has 39 heavy (non-hydrogen) atoms. The van der Waals surface area contributed by atoms with Crippen LogP contribution in [0.4, 0.5) is 0 Å². The fourth-order valence-electron chi connectivity index (χ4n) is 5.82. The SMILES string of the molecule is COc1cccc2c1C(=O)c1c(O)c3c(c(O)c1C2=O)C(O)[C@@](O)(C(C)O)C[C@@H]3O[C@@H]1C[C@H](N)[C@H](O)[C@H](C)O1. The summed E-state index contributed by atoms with van der Waals surface area (Å²) in [5.41, 5.74) is 1.75. The number of rotatable bonds is 4. The average Bonchev–Trinajstić information content (AvgIpc) is 2.89. The van der Waals surface area contributed by atoms with Gasteiger partial charge < -0.3 is 50.6 Å². The van der Waals surface area contributed by atoms with Crippen molar-refractivity contribution >= 4 is 11.6 Å². The molecule has 1 aliphatic heterocycles. The molecular formula is C27H31NO11. The number of phenolic OH excluding ortho intramolecular Hbond substituents is 2. The number of carbonyl (C=O) groups excluding carboxylic acids is 2. The van der Waals surface area contributed by atoms with Gasteiger partial charge in [0.05, 0.1) is 48.2 Å². The number of methoxy groups -OCH3 is 1. The molecule has 0 saturated carbocycles. The highest BCUT2D eigenvalue weighted by atomic mass is 16.7. The minimum absolute atomic E-state index is 0.0205. The van der Waals surface area contributed by atoms with Gasteiger partial charge >= 0.3 is 0 Å². The molecule has 2 aromatic rings. The van der Waals surface area contributed by atoms with Crippen LogP contribution in [-0.2, 0) is 9.47 Å². The van der Waals surface area contributed by atoms with E-state index >= 15 is 0 Å². The van der Waals surface area contributed by atoms with Gasteiger partial charge in [-0.3, -0.25) is 9.59 Å². The maximum absolute atomic E-state index is 13.7. The summed E-state index contributed by atoms with van der Waals surface area (Å²) in [5.74, 6) is -3.10. The predicted molar refractivity (Wildman–Crippen MR) is 133 cm³/mol. The van der Waals surface area contributed by atoms with Crippen molar-refractivity contribution in [1.29, 1.82) is 0 Å². The van der Waals surface area contributed by atoms with E-state index in [1.165, 1.54) is 32.2 Å². The van der Waals surface area contributed by atoms with Gasteiger partial charge in [0.1, 0.15) is 29.0 Å². The van der Waals surface area contributed by atoms with Gasteiger partial charge in [0.25, 0.3) is 0 Å². The van der Waals surface area contributed by atoms with Crippen LogP contribution in [0.3, 0.4) is 0 Å². The maximum Gasteiger partial charge on any atom is 0.202 e. The van der Waals surface area contributed by atoms with Crippen molar-refractivity contribution in [3.05, 3.63) is 51.6 Å². The molecule has 0 bridgehead atoms. The fourth-order valence-corrected chi connectivity index (χ4v) is 5.82. The van der Waals surface area contributed by atoms with Crippen LogP contribution < -0.4 is 10.5 Å². The lowest BCUT2D eigenvalue weighted by atomic mass is 9.70. The number of carbonyl (C=O) groups is 2. The Labute approximate surface area is 223 Å². The largest absolute Gasteiger partial charge is 0.507 e. The minimum atomic E-state index is -2.29. The number of hydrogen-bond donors (Lipinski definition) is 7. The standard InChI is InChI=1S/C27H31NO11/c1-9-21(30)12(28)7-15(38-9)39-14-8-27(36,10(2)29)26(35)20-17(14)24(33)19-18(25(20)34)22(31)11-5-4-6-13(37-3)16(11)23(19)32/h4-6,9-10,12,14-15,21,26,29-30,33-36H,7-8,28H2,1-3H3/t9-,10?,12-,14-,15+,21+,26?,27-/m0/s1. The molecule has 2 aliphatic carbocycles. The number of nitrogens with two attached hydrogens (primary N) is 1. The van der Waals surface area contributed by atoms with E-state index < -0.39 is 94.6 Å². The van der Waals surface area contributed by atoms with Crippen LogP contribution in [0, 0.1) is 0 Å². The summed E-state index contributed by atoms with van der Waals surface area (Å²) in [4.78, 5) is 27.2. The molecule has 1 fully saturated rings. The number of hydrogen-bond acceptors (Lipinski definition) is 12. The maximum atomic E-state index is 13.7. The predicted octanol–water partition coefficient (Wildman–Crippen LogP) is 0.312. The second kappa shape index (κ2) is 9.52. The van der Waals surface area contributed by atoms with Gasteiger partial charge in [0.2, 0.25) is 5.78 Å². The Balaban J connectivity index is 1.71. The van der Waals surface area contributed by atoms with Gasteiger partial charge in [0, 0.05) is 35.6 Å². The third-order valence-electron chi connectivity index (χ3n) is 8.07. The van der Waals surface area contributed by atoms with Gasteiger partial charge in [-0.1, -0.05) is 12.1 Å². The lowest BCUT2D eigenvalue weighted by Gasteiger charge is -2.46. The number of benzene rings is 2. The molecule has 3 aliphatic rings. The van der Waals surface area contributed by atoms with Gasteiger partial charge in [-0.25, -0.2) is 0 Å². The highest BCUT2D eigenvalue weighted by Crippen LogP contribution is 2.56. The van der Waals surface area contributed by atoms with E-state index in [-0.39, 0.29) is 28.9 Å². The molecule has 12 nitrogen and oxygen atoms in total. The monoisotopic (exact) mass is 545 g/mol. The van der Waals surface area contributed by atoms with E-state index in [2.05, 4.69) is 0 Å². The van der Waals surface area contributed by atoms with Gasteiger partial charge in [-0.2, -0.15) is 0 Å². The van der Waals surface area contributed by atoms with Crippen molar-refractivity contribution in [1.82, 2.24) is 0 Å². The molecule has 5 rings (SSSR count). The van der Waals surface area contributed by atoms with Crippen LogP contribution in [0.2, 0.25) is 0 Å². The van der Waals surface area contributed by atoms with Crippen LogP contribution in [-0.4, -0.2) is 85.6 Å². The lowest BCUT2D eigenvalue weighted by Crippen LogP contribution is -2.53. The third-order valence-corrected chi connectivity index (χ3v) is 8.07. The summed E-state index contributed by atoms with van der Waals surface area (Å²) in [6.45, 7) is 2.81. The first kappa shape index (κ1) is 27.5. The molecule has 0 radical (unpaired) electrons. The van der Waals surface area contributed by atoms with E-state index in [1.807, 2.05) is 0 Å². The number of fused-ring (bicyclic) bond motifs is 3. The third kappa shape index (κ3) is 3.94. The van der Waals surface area contributed by atoms with Crippen molar-refractivity contribution in [2.75, 3.05) is 7.11 Å². The summed E-state index contributed by atoms with van der Waals surface area (Å²) in [7, 11) is 1.32. The Kier molecular flexibility index (Phi) is 6.71. The number of aromatic hydroxyl groups is 2. The number of aliphatic hydroxyl groups excluding tert-OH is 3. The molecule has 0 spiro atoms. The first-order valence-electron chi connectivity index (χ1n) is 12.5. The smallest absolute Gasteiger partial charge is 0.202 e. The van der Waals surface area contributed by atoms with Gasteiger partial charge in [0.15, 0.2) is 12.1 Å². The topological polar surface area (TPSA) is 209 Å². The van der Waals surface area contributed by atoms with Crippen LogP contribution in [0.1, 0.15) is 81.9 Å². The van der Waals surface area contributed by atoms with Crippen molar-refractivity contribution in [3.63, 3.8) is 0 Å². The molecule has 1 saturated heterocycles. The van der Waals surface area contributed by atoms with Crippen LogP contribution in [0.25, 0.3) is 0 Å². The number of phenols is 2. The second-order valence-electron chi connectivity index (χ2n) is 10.4. The van der Waals surface area contributed by atoms with Crippen molar-refractivity contribution in [3.8, 4) is 17.2 Å². The summed E-state index contributed by atoms with van der Waals surface area (Å²) in [6.07, 6.45) is -8.10. The molecule has 210 valence electrons. The zero-order valence-electron chi connectivity index (χ0n) is 21.5. The Morgan fingerprint density at radius 3 is 2.33 bits per heavy atom. The fraction of sp³-hybridized carbons (Fsp3) is 0.481. The van der Waals surface area contributed by atoms with E-state index in [4.69, 9.17) is 19.9 Å². The zero-order valence-corrected chi connectivity index (χ0v) is 21.5. The normalized spacial score (nSPS) is 32.7. The van der Waals surface area contributed by atoms with E-state index in [0.29, 0.717) is 0 Å². The molecule has 12 heteroatoms. The molecule has 1 heterocycles. The highest BCUT2D eigenvalue weighted by molar-refractivity contribution is 6.31. The Hall–Kier alpha value is -3.10. The minimum Gasteiger partial charge on any atom is -0.507 e. The van der Waals surface area contributed by atoms with E-state index in [1.54, 1.807) is 6.92 Å². The summed E-state index contributed by atoms with van der Waals surface area (Å²) < 4.78 is 17.0. The van der Waals surface area contributed by atoms with Crippen molar-refractivity contribution in [2.24, 2.45) is 5.73 Å². The number of ether oxygens (including phenoxy) is 3. The van der Waals surface area contributed by atoms with Crippen LogP contribution in [0.15, 0.2) is 18.2 Å². The Bertz CT molecular complexity index is 1350. The zero-order chi connectivity index (χ0) is 28.5. The molecule has 8 N–H and O–H groups in total. The van der Waals surface area contributed by atoms with Crippen molar-refractivity contribution < 1.29 is 54.4 Å². The Morgan fingerprint density at radius 2 is 1.72 bits per heavy atom. The summed E-state index contributed by atoms with van der Waals surface area (Å²) >= 11 is 0. The molecule has 0 aromatic heterocycles. The van der Waals surface area contributed by atoms with E-state index in [9.17, 15) is 40.2 Å². The van der Waals surface area contributed by atoms with E-state index in [0.717, 1.165) is 0 Å². The first-order valence-corrected chi connectivity index (χ1v) is 12.5. The van der Waals surface area contributed by atoms with Crippen LogP contribution in [0.5, 0.6) is 17.2 Å². The number of ketones is 2. The average molecular weight is 546 g/mol. The first-order chi connectivity index (χ1) is 18.3. The van der Waals surface area contributed by atoms with Gasteiger partial charge in [-0.15, -0.1) is 0 Å². The summed E-state index contributed by atoms with van der Waals surface area (Å²) in [6, 6.07) is 3.60. The quantitative estimate of drug-likeness (QED) is 0.221. The number of aliphatic hydroxyl groups is 4. The highest BCUT2D eigenvalue weighted by Gasteiger charge is 2.54. The molecule has 2 aromatic carbocycles. The van der Waals surface area contributed by atoms with Crippen LogP contribution >= 0.6 is 0 Å². The summed E-state index contributed by atoms with van der Waals surface area (Å²) in [5, 5.41) is 65.9. The van der Waals surface area contributed by atoms with Gasteiger partial charge in [-0.05, 0) is 19.9 Å². The molecule has 0 amide bonds. The molecular weight excluding hydrogens is 514 g/mol. The lowest BCUT2D eigenvalue weighted by molar-refractivity contribution is -0.258. The molecule has 2 unspecified atom stereocenters. The van der Waals surface area contributed by atoms with Crippen molar-refractivity contribution in [2.45, 2.75) is 75.1 Å².